The maximum Gasteiger partial charge on any atom is 0.288 e. The van der Waals surface area contributed by atoms with Gasteiger partial charge in [0.15, 0.2) is 0 Å². The first-order chi connectivity index (χ1) is 10.6. The average Bonchev–Trinajstić information content (AvgIpc) is 2.81. The number of thioether (sulfide) groups is 1. The van der Waals surface area contributed by atoms with E-state index in [2.05, 4.69) is 5.32 Å². The average molecular weight is 323 g/mol. The monoisotopic (exact) mass is 323 g/mol. The van der Waals surface area contributed by atoms with Gasteiger partial charge in [0.1, 0.15) is 5.75 Å². The lowest BCUT2D eigenvalue weighted by Gasteiger charge is -2.13. The smallest absolute Gasteiger partial charge is 0.288 e. The minimum atomic E-state index is -0.147. The quantitative estimate of drug-likeness (QED) is 0.557. The summed E-state index contributed by atoms with van der Waals surface area (Å²) in [6, 6.07) is 5.79. The first-order valence-corrected chi connectivity index (χ1v) is 8.29. The molecule has 22 heavy (non-hydrogen) atoms. The van der Waals surface area contributed by atoms with E-state index in [0.29, 0.717) is 31.1 Å². The third kappa shape index (κ3) is 4.38. The van der Waals surface area contributed by atoms with Crippen LogP contribution in [0.3, 0.4) is 0 Å². The zero-order valence-electron chi connectivity index (χ0n) is 12.6. The molecule has 1 aliphatic rings. The Bertz CT molecular complexity index is 535. The van der Waals surface area contributed by atoms with E-state index >= 15 is 0 Å². The zero-order chi connectivity index (χ0) is 15.9. The summed E-state index contributed by atoms with van der Waals surface area (Å²) >= 11 is 1.06. The summed E-state index contributed by atoms with van der Waals surface area (Å²) in [6.07, 6.45) is 0.827. The van der Waals surface area contributed by atoms with Crippen molar-refractivity contribution in [3.05, 3.63) is 23.8 Å². The maximum absolute atomic E-state index is 11.4. The van der Waals surface area contributed by atoms with E-state index in [9.17, 15) is 9.59 Å². The third-order valence-electron chi connectivity index (χ3n) is 3.32. The molecule has 0 bridgehead atoms. The Morgan fingerprint density at radius 1 is 1.36 bits per heavy atom. The van der Waals surface area contributed by atoms with Gasteiger partial charge >= 0.3 is 0 Å². The molecule has 0 aliphatic carbocycles. The molecule has 0 atom stereocenters. The number of carbonyl (C=O) groups is 2. The minimum Gasteiger partial charge on any atom is -0.492 e. The molecule has 0 saturated carbocycles. The van der Waals surface area contributed by atoms with Crippen LogP contribution in [0.1, 0.15) is 12.5 Å². The summed E-state index contributed by atoms with van der Waals surface area (Å²) in [7, 11) is 0. The van der Waals surface area contributed by atoms with Gasteiger partial charge in [-0.05, 0) is 37.6 Å². The number of hydrogen-bond donors (Lipinski definition) is 2. The normalized spacial score (nSPS) is 14.7. The summed E-state index contributed by atoms with van der Waals surface area (Å²) in [5.74, 6) is 0.878. The molecule has 2 amide bonds. The standard InChI is InChI=1S/C15H21N3O3S/c1-2-21-13-4-3-11(9-12(13)16)5-6-17-7-8-18-14(19)10-22-15(18)20/h3-4,9,17H,2,5-8,10,16H2,1H3. The van der Waals surface area contributed by atoms with Crippen LogP contribution < -0.4 is 15.8 Å². The fourth-order valence-corrected chi connectivity index (χ4v) is 2.94. The van der Waals surface area contributed by atoms with E-state index < -0.39 is 0 Å². The number of nitrogens with one attached hydrogen (secondary N) is 1. The number of amides is 2. The first-order valence-electron chi connectivity index (χ1n) is 7.31. The molecule has 120 valence electrons. The number of benzene rings is 1. The van der Waals surface area contributed by atoms with Crippen molar-refractivity contribution >= 4 is 28.6 Å². The van der Waals surface area contributed by atoms with Crippen molar-refractivity contribution in [1.82, 2.24) is 10.2 Å². The molecule has 7 heteroatoms. The van der Waals surface area contributed by atoms with E-state index in [1.165, 1.54) is 4.90 Å². The van der Waals surface area contributed by atoms with Gasteiger partial charge < -0.3 is 15.8 Å². The number of nitrogens with two attached hydrogens (primary N) is 1. The van der Waals surface area contributed by atoms with Crippen LogP contribution in [0.15, 0.2) is 18.2 Å². The predicted octanol–water partition coefficient (Wildman–Crippen LogP) is 1.49. The minimum absolute atomic E-state index is 0.101. The molecule has 0 aromatic heterocycles. The van der Waals surface area contributed by atoms with Crippen LogP contribution in [0, 0.1) is 0 Å². The van der Waals surface area contributed by atoms with Crippen molar-refractivity contribution in [2.75, 3.05) is 37.7 Å². The van der Waals surface area contributed by atoms with Gasteiger partial charge in [-0.2, -0.15) is 0 Å². The van der Waals surface area contributed by atoms with Crippen molar-refractivity contribution in [3.63, 3.8) is 0 Å². The second-order valence-corrected chi connectivity index (χ2v) is 5.83. The number of carbonyl (C=O) groups excluding carboxylic acids is 2. The number of ether oxygens (including phenoxy) is 1. The van der Waals surface area contributed by atoms with Crippen LogP contribution in [0.4, 0.5) is 10.5 Å². The lowest BCUT2D eigenvalue weighted by atomic mass is 10.1. The number of nitrogens with zero attached hydrogens (tertiary/aromatic N) is 1. The van der Waals surface area contributed by atoms with Crippen LogP contribution in [0.5, 0.6) is 5.75 Å². The molecule has 3 N–H and O–H groups in total. The second kappa shape index (κ2) is 8.05. The Hall–Kier alpha value is -1.73. The Kier molecular flexibility index (Phi) is 6.09. The number of nitrogen functional groups attached to an aromatic ring is 1. The van der Waals surface area contributed by atoms with E-state index in [1.807, 2.05) is 25.1 Å². The highest BCUT2D eigenvalue weighted by Gasteiger charge is 2.28. The summed E-state index contributed by atoms with van der Waals surface area (Å²) in [5, 5.41) is 3.09. The van der Waals surface area contributed by atoms with Crippen molar-refractivity contribution in [3.8, 4) is 5.75 Å². The van der Waals surface area contributed by atoms with E-state index in [1.54, 1.807) is 0 Å². The van der Waals surface area contributed by atoms with Gasteiger partial charge in [-0.15, -0.1) is 0 Å². The largest absolute Gasteiger partial charge is 0.492 e. The molecule has 1 aliphatic heterocycles. The molecule has 1 saturated heterocycles. The Morgan fingerprint density at radius 3 is 2.82 bits per heavy atom. The Labute approximate surface area is 134 Å². The SMILES string of the molecule is CCOc1ccc(CCNCCN2C(=O)CSC2=O)cc1N. The molecule has 1 aromatic rings. The molecule has 1 heterocycles. The predicted molar refractivity (Wildman–Crippen MR) is 88.2 cm³/mol. The zero-order valence-corrected chi connectivity index (χ0v) is 13.4. The van der Waals surface area contributed by atoms with Crippen molar-refractivity contribution in [2.24, 2.45) is 0 Å². The Balaban J connectivity index is 1.69. The highest BCUT2D eigenvalue weighted by Crippen LogP contribution is 2.22. The number of rotatable bonds is 8. The second-order valence-electron chi connectivity index (χ2n) is 4.91. The van der Waals surface area contributed by atoms with Crippen LogP contribution in [-0.2, 0) is 11.2 Å². The fraction of sp³-hybridized carbons (Fsp3) is 0.467. The van der Waals surface area contributed by atoms with Gasteiger partial charge in [-0.3, -0.25) is 14.5 Å². The van der Waals surface area contributed by atoms with Gasteiger partial charge in [0.25, 0.3) is 5.24 Å². The van der Waals surface area contributed by atoms with E-state index in [-0.39, 0.29) is 16.9 Å². The highest BCUT2D eigenvalue weighted by atomic mass is 32.2. The van der Waals surface area contributed by atoms with Crippen LogP contribution in [0.2, 0.25) is 0 Å². The summed E-state index contributed by atoms with van der Waals surface area (Å²) in [5.41, 5.74) is 7.69. The molecule has 1 fully saturated rings. The molecule has 0 spiro atoms. The molecule has 0 unspecified atom stereocenters. The third-order valence-corrected chi connectivity index (χ3v) is 4.18. The van der Waals surface area contributed by atoms with Crippen LogP contribution >= 0.6 is 11.8 Å². The highest BCUT2D eigenvalue weighted by molar-refractivity contribution is 8.14. The number of imide groups is 1. The maximum atomic E-state index is 11.4. The summed E-state index contributed by atoms with van der Waals surface area (Å²) < 4.78 is 5.40. The van der Waals surface area contributed by atoms with E-state index in [4.69, 9.17) is 10.5 Å². The summed E-state index contributed by atoms with van der Waals surface area (Å²) in [6.45, 7) is 4.31. The van der Waals surface area contributed by atoms with Crippen LogP contribution in [0.25, 0.3) is 0 Å². The van der Waals surface area contributed by atoms with Gasteiger partial charge in [0, 0.05) is 13.1 Å². The molecule has 1 aromatic carbocycles. The topological polar surface area (TPSA) is 84.7 Å². The first kappa shape index (κ1) is 16.6. The summed E-state index contributed by atoms with van der Waals surface area (Å²) in [4.78, 5) is 24.1. The molecule has 6 nitrogen and oxygen atoms in total. The molecular formula is C15H21N3O3S. The number of anilines is 1. The van der Waals surface area contributed by atoms with Gasteiger partial charge in [-0.1, -0.05) is 17.8 Å². The van der Waals surface area contributed by atoms with E-state index in [0.717, 1.165) is 30.3 Å². The Morgan fingerprint density at radius 2 is 2.18 bits per heavy atom. The lowest BCUT2D eigenvalue weighted by Crippen LogP contribution is -2.36. The molecule has 0 radical (unpaired) electrons. The van der Waals surface area contributed by atoms with Gasteiger partial charge in [0.2, 0.25) is 5.91 Å². The van der Waals surface area contributed by atoms with Crippen molar-refractivity contribution < 1.29 is 14.3 Å². The van der Waals surface area contributed by atoms with Gasteiger partial charge in [0.05, 0.1) is 18.0 Å². The fourth-order valence-electron chi connectivity index (χ4n) is 2.19. The molecular weight excluding hydrogens is 302 g/mol. The van der Waals surface area contributed by atoms with Gasteiger partial charge in [-0.25, -0.2) is 0 Å². The van der Waals surface area contributed by atoms with Crippen molar-refractivity contribution in [1.29, 1.82) is 0 Å². The lowest BCUT2D eigenvalue weighted by molar-refractivity contribution is -0.124. The van der Waals surface area contributed by atoms with Crippen molar-refractivity contribution in [2.45, 2.75) is 13.3 Å². The van der Waals surface area contributed by atoms with Crippen LogP contribution in [-0.4, -0.2) is 48.0 Å². The molecule has 2 rings (SSSR count). The number of hydrogen-bond acceptors (Lipinski definition) is 6.